The third-order valence-electron chi connectivity index (χ3n) is 3.29. The molecule has 7 heteroatoms. The van der Waals surface area contributed by atoms with Crippen molar-refractivity contribution in [2.75, 3.05) is 17.2 Å². The zero-order chi connectivity index (χ0) is 15.4. The molecule has 1 aromatic carbocycles. The van der Waals surface area contributed by atoms with E-state index in [4.69, 9.17) is 4.74 Å². The van der Waals surface area contributed by atoms with Crippen LogP contribution in [0.5, 0.6) is 0 Å². The third-order valence-corrected chi connectivity index (χ3v) is 3.98. The van der Waals surface area contributed by atoms with E-state index in [2.05, 4.69) is 15.6 Å². The molecule has 0 radical (unpaired) electrons. The summed E-state index contributed by atoms with van der Waals surface area (Å²) < 4.78 is 5.33. The zero-order valence-electron chi connectivity index (χ0n) is 11.7. The Hall–Kier alpha value is -2.25. The molecule has 6 nitrogen and oxygen atoms in total. The molecule has 2 amide bonds. The number of carbonyl (C=O) groups is 2. The Bertz CT molecular complexity index is 649. The topological polar surface area (TPSA) is 80.3 Å². The number of thiazole rings is 1. The Morgan fingerprint density at radius 2 is 2.05 bits per heavy atom. The maximum atomic E-state index is 12.0. The minimum Gasteiger partial charge on any atom is -0.368 e. The van der Waals surface area contributed by atoms with Gasteiger partial charge in [-0.25, -0.2) is 4.98 Å². The highest BCUT2D eigenvalue weighted by molar-refractivity contribution is 7.13. The average molecular weight is 317 g/mol. The molecule has 1 aliphatic rings. The lowest BCUT2D eigenvalue weighted by Gasteiger charge is -2.10. The van der Waals surface area contributed by atoms with Gasteiger partial charge in [-0.15, -0.1) is 11.3 Å². The first-order valence-corrected chi connectivity index (χ1v) is 7.84. The maximum Gasteiger partial charge on any atom is 0.257 e. The number of benzene rings is 1. The second-order valence-corrected chi connectivity index (χ2v) is 5.75. The molecule has 1 aromatic heterocycles. The molecule has 1 fully saturated rings. The Morgan fingerprint density at radius 3 is 2.68 bits per heavy atom. The van der Waals surface area contributed by atoms with Crippen LogP contribution in [0.25, 0.3) is 0 Å². The van der Waals surface area contributed by atoms with Gasteiger partial charge in [-0.2, -0.15) is 0 Å². The number of anilines is 2. The highest BCUT2D eigenvalue weighted by Gasteiger charge is 2.23. The number of nitrogens with one attached hydrogen (secondary N) is 2. The highest BCUT2D eigenvalue weighted by atomic mass is 32.1. The molecule has 1 atom stereocenters. The first-order valence-electron chi connectivity index (χ1n) is 6.96. The fourth-order valence-electron chi connectivity index (χ4n) is 2.17. The van der Waals surface area contributed by atoms with Crippen LogP contribution in [0.1, 0.15) is 23.2 Å². The van der Waals surface area contributed by atoms with E-state index in [0.717, 1.165) is 12.8 Å². The van der Waals surface area contributed by atoms with Crippen molar-refractivity contribution in [1.29, 1.82) is 0 Å². The summed E-state index contributed by atoms with van der Waals surface area (Å²) in [5.41, 5.74) is 1.15. The Balaban J connectivity index is 1.59. The summed E-state index contributed by atoms with van der Waals surface area (Å²) in [5.74, 6) is -0.371. The van der Waals surface area contributed by atoms with Gasteiger partial charge in [-0.05, 0) is 37.1 Å². The van der Waals surface area contributed by atoms with Crippen LogP contribution in [0.2, 0.25) is 0 Å². The predicted octanol–water partition coefficient (Wildman–Crippen LogP) is 2.51. The fourth-order valence-corrected chi connectivity index (χ4v) is 2.69. The molecule has 22 heavy (non-hydrogen) atoms. The number of ether oxygens (including phenoxy) is 1. The van der Waals surface area contributed by atoms with Crippen LogP contribution in [-0.2, 0) is 9.53 Å². The molecule has 114 valence electrons. The van der Waals surface area contributed by atoms with E-state index in [-0.39, 0.29) is 17.9 Å². The van der Waals surface area contributed by atoms with E-state index in [1.165, 1.54) is 11.3 Å². The van der Waals surface area contributed by atoms with Gasteiger partial charge >= 0.3 is 0 Å². The molecule has 2 heterocycles. The van der Waals surface area contributed by atoms with Gasteiger partial charge in [0.2, 0.25) is 0 Å². The molecule has 0 spiro atoms. The van der Waals surface area contributed by atoms with Gasteiger partial charge < -0.3 is 10.1 Å². The molecule has 2 N–H and O–H groups in total. The first-order chi connectivity index (χ1) is 10.7. The van der Waals surface area contributed by atoms with E-state index in [9.17, 15) is 9.59 Å². The quantitative estimate of drug-likeness (QED) is 0.908. The van der Waals surface area contributed by atoms with E-state index < -0.39 is 0 Å². The SMILES string of the molecule is O=C(Nc1nccs1)c1ccc(NC(=O)C2CCCO2)cc1. The van der Waals surface area contributed by atoms with Crippen LogP contribution < -0.4 is 10.6 Å². The summed E-state index contributed by atoms with van der Waals surface area (Å²) in [6.45, 7) is 0.633. The van der Waals surface area contributed by atoms with Crippen molar-refractivity contribution in [3.05, 3.63) is 41.4 Å². The lowest BCUT2D eigenvalue weighted by molar-refractivity contribution is -0.124. The summed E-state index contributed by atoms with van der Waals surface area (Å²) in [4.78, 5) is 27.9. The normalized spacial score (nSPS) is 17.2. The molecule has 0 saturated carbocycles. The minimum atomic E-state index is -0.368. The largest absolute Gasteiger partial charge is 0.368 e. The van der Waals surface area contributed by atoms with E-state index in [0.29, 0.717) is 23.0 Å². The average Bonchev–Trinajstić information content (AvgIpc) is 3.21. The van der Waals surface area contributed by atoms with Crippen molar-refractivity contribution < 1.29 is 14.3 Å². The molecular formula is C15H15N3O3S. The van der Waals surface area contributed by atoms with Crippen LogP contribution in [-0.4, -0.2) is 29.5 Å². The number of rotatable bonds is 4. The van der Waals surface area contributed by atoms with Crippen molar-refractivity contribution in [1.82, 2.24) is 4.98 Å². The van der Waals surface area contributed by atoms with Crippen molar-refractivity contribution in [2.24, 2.45) is 0 Å². The van der Waals surface area contributed by atoms with E-state index >= 15 is 0 Å². The molecule has 0 bridgehead atoms. The van der Waals surface area contributed by atoms with Gasteiger partial charge in [0.1, 0.15) is 6.10 Å². The predicted molar refractivity (Wildman–Crippen MR) is 84.1 cm³/mol. The maximum absolute atomic E-state index is 12.0. The smallest absolute Gasteiger partial charge is 0.257 e. The standard InChI is InChI=1S/C15H15N3O3S/c19-13(18-15-16-7-9-22-15)10-3-5-11(6-4-10)17-14(20)12-2-1-8-21-12/h3-7,9,12H,1-2,8H2,(H,17,20)(H,16,18,19). The highest BCUT2D eigenvalue weighted by Crippen LogP contribution is 2.17. The molecule has 1 unspecified atom stereocenters. The van der Waals surface area contributed by atoms with Crippen molar-refractivity contribution in [3.63, 3.8) is 0 Å². The van der Waals surface area contributed by atoms with Crippen LogP contribution in [0.15, 0.2) is 35.8 Å². The molecule has 0 aliphatic carbocycles. The first kappa shape index (κ1) is 14.7. The second kappa shape index (κ2) is 6.67. The number of nitrogens with zero attached hydrogens (tertiary/aromatic N) is 1. The van der Waals surface area contributed by atoms with Crippen LogP contribution in [0.3, 0.4) is 0 Å². The summed E-state index contributed by atoms with van der Waals surface area (Å²) in [6, 6.07) is 6.72. The Kier molecular flexibility index (Phi) is 4.45. The van der Waals surface area contributed by atoms with Gasteiger partial charge in [0.15, 0.2) is 5.13 Å². The van der Waals surface area contributed by atoms with E-state index in [1.54, 1.807) is 35.8 Å². The number of aromatic nitrogens is 1. The Morgan fingerprint density at radius 1 is 1.23 bits per heavy atom. The summed E-state index contributed by atoms with van der Waals surface area (Å²) >= 11 is 1.36. The number of carbonyl (C=O) groups excluding carboxylic acids is 2. The van der Waals surface area contributed by atoms with Crippen LogP contribution in [0.4, 0.5) is 10.8 Å². The van der Waals surface area contributed by atoms with Gasteiger partial charge in [0.05, 0.1) is 0 Å². The van der Waals surface area contributed by atoms with Gasteiger partial charge in [-0.3, -0.25) is 14.9 Å². The minimum absolute atomic E-state index is 0.141. The summed E-state index contributed by atoms with van der Waals surface area (Å²) in [6.07, 6.45) is 2.92. The van der Waals surface area contributed by atoms with Crippen LogP contribution in [0, 0.1) is 0 Å². The van der Waals surface area contributed by atoms with Gasteiger partial charge in [0.25, 0.3) is 11.8 Å². The van der Waals surface area contributed by atoms with Crippen molar-refractivity contribution in [2.45, 2.75) is 18.9 Å². The van der Waals surface area contributed by atoms with E-state index in [1.807, 2.05) is 0 Å². The Labute approximate surface area is 131 Å². The number of hydrogen-bond donors (Lipinski definition) is 2. The molecular weight excluding hydrogens is 302 g/mol. The molecule has 1 saturated heterocycles. The summed E-state index contributed by atoms with van der Waals surface area (Å²) in [5, 5.41) is 7.84. The number of hydrogen-bond acceptors (Lipinski definition) is 5. The third kappa shape index (κ3) is 3.49. The molecule has 2 aromatic rings. The second-order valence-electron chi connectivity index (χ2n) is 4.86. The van der Waals surface area contributed by atoms with Gasteiger partial charge in [0, 0.05) is 29.4 Å². The monoisotopic (exact) mass is 317 g/mol. The fraction of sp³-hybridized carbons (Fsp3) is 0.267. The van der Waals surface area contributed by atoms with Crippen molar-refractivity contribution in [3.8, 4) is 0 Å². The molecule has 1 aliphatic heterocycles. The number of amides is 2. The lowest BCUT2D eigenvalue weighted by Crippen LogP contribution is -2.26. The lowest BCUT2D eigenvalue weighted by atomic mass is 10.2. The van der Waals surface area contributed by atoms with Crippen LogP contribution >= 0.6 is 11.3 Å². The zero-order valence-corrected chi connectivity index (χ0v) is 12.6. The van der Waals surface area contributed by atoms with Gasteiger partial charge in [-0.1, -0.05) is 0 Å². The van der Waals surface area contributed by atoms with Crippen molar-refractivity contribution >= 4 is 34.0 Å². The summed E-state index contributed by atoms with van der Waals surface area (Å²) in [7, 11) is 0. The molecule has 3 rings (SSSR count).